The molecule has 1 fully saturated rings. The molecule has 0 radical (unpaired) electrons. The molecular weight excluding hydrogens is 406 g/mol. The molecule has 2 aromatic carbocycles. The first-order valence-electron chi connectivity index (χ1n) is 11.1. The van der Waals surface area contributed by atoms with Gasteiger partial charge in [0.25, 0.3) is 11.7 Å². The molecule has 0 spiro atoms. The number of Topliss-reactive ketones (excluding diaryl/α,β-unsaturated/α-hetero) is 1. The Morgan fingerprint density at radius 1 is 1.03 bits per heavy atom. The molecule has 1 N–H and O–H groups in total. The lowest BCUT2D eigenvalue weighted by atomic mass is 9.95. The van der Waals surface area contributed by atoms with Crippen molar-refractivity contribution in [2.75, 3.05) is 19.8 Å². The van der Waals surface area contributed by atoms with Crippen LogP contribution in [0.15, 0.2) is 54.1 Å². The van der Waals surface area contributed by atoms with Gasteiger partial charge in [-0.15, -0.1) is 0 Å². The molecule has 3 rings (SSSR count). The molecule has 0 saturated carbocycles. The first-order valence-corrected chi connectivity index (χ1v) is 11.1. The van der Waals surface area contributed by atoms with Gasteiger partial charge >= 0.3 is 0 Å². The highest BCUT2D eigenvalue weighted by Crippen LogP contribution is 2.40. The maximum Gasteiger partial charge on any atom is 0.295 e. The number of ether oxygens (including phenoxy) is 2. The molecule has 0 aromatic heterocycles. The van der Waals surface area contributed by atoms with Crippen molar-refractivity contribution >= 4 is 17.4 Å². The number of benzene rings is 2. The zero-order chi connectivity index (χ0) is 23.3. The van der Waals surface area contributed by atoms with Crippen LogP contribution in [0.3, 0.4) is 0 Å². The second-order valence-corrected chi connectivity index (χ2v) is 8.23. The van der Waals surface area contributed by atoms with Gasteiger partial charge in [-0.1, -0.05) is 45.0 Å². The molecule has 1 saturated heterocycles. The summed E-state index contributed by atoms with van der Waals surface area (Å²) in [5.74, 6) is 0.233. The summed E-state index contributed by atoms with van der Waals surface area (Å²) < 4.78 is 11.3. The highest BCUT2D eigenvalue weighted by atomic mass is 16.5. The summed E-state index contributed by atoms with van der Waals surface area (Å²) in [7, 11) is 0. The summed E-state index contributed by atoms with van der Waals surface area (Å²) in [6.07, 6.45) is 0.693. The highest BCUT2D eigenvalue weighted by molar-refractivity contribution is 6.46. The largest absolute Gasteiger partial charge is 0.507 e. The Morgan fingerprint density at radius 3 is 2.38 bits per heavy atom. The number of rotatable bonds is 9. The second kappa shape index (κ2) is 10.4. The first-order chi connectivity index (χ1) is 15.4. The molecule has 1 unspecified atom stereocenters. The molecule has 1 aliphatic heterocycles. The van der Waals surface area contributed by atoms with Crippen LogP contribution in [0.1, 0.15) is 51.3 Å². The second-order valence-electron chi connectivity index (χ2n) is 8.23. The van der Waals surface area contributed by atoms with Crippen molar-refractivity contribution in [1.82, 2.24) is 4.90 Å². The number of aliphatic hydroxyl groups is 1. The zero-order valence-corrected chi connectivity index (χ0v) is 19.1. The summed E-state index contributed by atoms with van der Waals surface area (Å²) >= 11 is 0. The SMILES string of the molecule is CCCN1C(=O)C(=O)/C(=C(\O)c2cccc(OCC)c2)C1c1ccc(OCC(C)C)cc1. The normalized spacial score (nSPS) is 17.8. The predicted octanol–water partition coefficient (Wildman–Crippen LogP) is 4.95. The van der Waals surface area contributed by atoms with E-state index in [0.29, 0.717) is 43.4 Å². The molecule has 32 heavy (non-hydrogen) atoms. The van der Waals surface area contributed by atoms with E-state index in [-0.39, 0.29) is 11.3 Å². The molecule has 1 heterocycles. The van der Waals surface area contributed by atoms with Crippen LogP contribution in [-0.2, 0) is 9.59 Å². The molecule has 6 heteroatoms. The maximum absolute atomic E-state index is 13.0. The van der Waals surface area contributed by atoms with Gasteiger partial charge in [-0.3, -0.25) is 9.59 Å². The summed E-state index contributed by atoms with van der Waals surface area (Å²) in [6, 6.07) is 13.6. The van der Waals surface area contributed by atoms with Crippen LogP contribution in [0.25, 0.3) is 5.76 Å². The predicted molar refractivity (Wildman–Crippen MR) is 124 cm³/mol. The fourth-order valence-electron chi connectivity index (χ4n) is 3.76. The van der Waals surface area contributed by atoms with E-state index in [1.807, 2.05) is 38.1 Å². The number of nitrogens with zero attached hydrogens (tertiary/aromatic N) is 1. The van der Waals surface area contributed by atoms with E-state index in [4.69, 9.17) is 9.47 Å². The fourth-order valence-corrected chi connectivity index (χ4v) is 3.76. The lowest BCUT2D eigenvalue weighted by Crippen LogP contribution is -2.30. The Labute approximate surface area is 189 Å². The topological polar surface area (TPSA) is 76.1 Å². The number of aliphatic hydroxyl groups excluding tert-OH is 1. The molecule has 2 aromatic rings. The average Bonchev–Trinajstić information content (AvgIpc) is 3.03. The van der Waals surface area contributed by atoms with Crippen LogP contribution in [-0.4, -0.2) is 41.5 Å². The van der Waals surface area contributed by atoms with Crippen LogP contribution in [0, 0.1) is 5.92 Å². The minimum absolute atomic E-state index is 0.0907. The number of carbonyl (C=O) groups excluding carboxylic acids is 2. The van der Waals surface area contributed by atoms with Crippen molar-refractivity contribution in [2.24, 2.45) is 5.92 Å². The number of ketones is 1. The molecule has 1 amide bonds. The Morgan fingerprint density at radius 2 is 1.75 bits per heavy atom. The van der Waals surface area contributed by atoms with Gasteiger partial charge in [0.2, 0.25) is 0 Å². The molecule has 170 valence electrons. The molecule has 0 aliphatic carbocycles. The molecule has 1 aliphatic rings. The molecular formula is C26H31NO5. The Kier molecular flexibility index (Phi) is 7.57. The Bertz CT molecular complexity index is 994. The molecule has 0 bridgehead atoms. The number of likely N-dealkylation sites (tertiary alicyclic amines) is 1. The Balaban J connectivity index is 2.05. The summed E-state index contributed by atoms with van der Waals surface area (Å²) in [4.78, 5) is 27.3. The van der Waals surface area contributed by atoms with Gasteiger partial charge in [-0.25, -0.2) is 0 Å². The van der Waals surface area contributed by atoms with E-state index < -0.39 is 17.7 Å². The highest BCUT2D eigenvalue weighted by Gasteiger charge is 2.45. The van der Waals surface area contributed by atoms with Crippen LogP contribution in [0.5, 0.6) is 11.5 Å². The van der Waals surface area contributed by atoms with Gasteiger partial charge in [-0.2, -0.15) is 0 Å². The van der Waals surface area contributed by atoms with Crippen molar-refractivity contribution in [2.45, 2.75) is 40.2 Å². The monoisotopic (exact) mass is 437 g/mol. The van der Waals surface area contributed by atoms with E-state index in [1.165, 1.54) is 4.90 Å². The maximum atomic E-state index is 13.0. The van der Waals surface area contributed by atoms with Gasteiger partial charge in [0.1, 0.15) is 17.3 Å². The third-order valence-electron chi connectivity index (χ3n) is 5.20. The van der Waals surface area contributed by atoms with Gasteiger partial charge in [-0.05, 0) is 49.1 Å². The quantitative estimate of drug-likeness (QED) is 0.341. The summed E-state index contributed by atoms with van der Waals surface area (Å²) in [6.45, 7) is 9.47. The molecule has 6 nitrogen and oxygen atoms in total. The standard InChI is InChI=1S/C26H31NO5/c1-5-14-27-23(18-10-12-20(13-11-18)32-16-17(3)4)22(25(29)26(27)30)24(28)19-8-7-9-21(15-19)31-6-2/h7-13,15,17,23,28H,5-6,14,16H2,1-4H3/b24-22-. The number of carbonyl (C=O) groups is 2. The minimum Gasteiger partial charge on any atom is -0.507 e. The lowest BCUT2D eigenvalue weighted by molar-refractivity contribution is -0.139. The third kappa shape index (κ3) is 4.96. The summed E-state index contributed by atoms with van der Waals surface area (Å²) in [5, 5.41) is 11.1. The van der Waals surface area contributed by atoms with E-state index >= 15 is 0 Å². The summed E-state index contributed by atoms with van der Waals surface area (Å²) in [5.41, 5.74) is 1.28. The van der Waals surface area contributed by atoms with E-state index in [9.17, 15) is 14.7 Å². The van der Waals surface area contributed by atoms with Gasteiger partial charge < -0.3 is 19.5 Å². The van der Waals surface area contributed by atoms with Gasteiger partial charge in [0.05, 0.1) is 24.8 Å². The smallest absolute Gasteiger partial charge is 0.295 e. The first kappa shape index (κ1) is 23.4. The van der Waals surface area contributed by atoms with Gasteiger partial charge in [0, 0.05) is 12.1 Å². The lowest BCUT2D eigenvalue weighted by Gasteiger charge is -2.25. The minimum atomic E-state index is -0.678. The average molecular weight is 438 g/mol. The van der Waals surface area contributed by atoms with Crippen molar-refractivity contribution in [3.63, 3.8) is 0 Å². The third-order valence-corrected chi connectivity index (χ3v) is 5.20. The van der Waals surface area contributed by atoms with Crippen LogP contribution in [0.2, 0.25) is 0 Å². The number of amides is 1. The zero-order valence-electron chi connectivity index (χ0n) is 19.1. The van der Waals surface area contributed by atoms with E-state index in [2.05, 4.69) is 13.8 Å². The van der Waals surface area contributed by atoms with Crippen LogP contribution >= 0.6 is 0 Å². The Hall–Kier alpha value is -3.28. The van der Waals surface area contributed by atoms with Crippen molar-refractivity contribution in [1.29, 1.82) is 0 Å². The van der Waals surface area contributed by atoms with Crippen LogP contribution < -0.4 is 9.47 Å². The van der Waals surface area contributed by atoms with Crippen LogP contribution in [0.4, 0.5) is 0 Å². The van der Waals surface area contributed by atoms with E-state index in [0.717, 1.165) is 11.3 Å². The van der Waals surface area contributed by atoms with Gasteiger partial charge in [0.15, 0.2) is 0 Å². The van der Waals surface area contributed by atoms with Crippen molar-refractivity contribution in [3.8, 4) is 11.5 Å². The number of hydrogen-bond donors (Lipinski definition) is 1. The fraction of sp³-hybridized carbons (Fsp3) is 0.385. The van der Waals surface area contributed by atoms with E-state index in [1.54, 1.807) is 24.3 Å². The number of hydrogen-bond acceptors (Lipinski definition) is 5. The van der Waals surface area contributed by atoms with Crippen molar-refractivity contribution < 1.29 is 24.2 Å². The molecule has 1 atom stereocenters. The van der Waals surface area contributed by atoms with Crippen molar-refractivity contribution in [3.05, 3.63) is 65.2 Å².